The summed E-state index contributed by atoms with van der Waals surface area (Å²) in [4.78, 5) is 22.8. The fourth-order valence-electron chi connectivity index (χ4n) is 1.89. The number of anilines is 1. The molecule has 3 nitrogen and oxygen atoms in total. The average Bonchev–Trinajstić information content (AvgIpc) is 2.37. The van der Waals surface area contributed by atoms with Gasteiger partial charge in [0.25, 0.3) is 0 Å². The smallest absolute Gasteiger partial charge is 0.224 e. The van der Waals surface area contributed by atoms with Crippen molar-refractivity contribution in [1.29, 1.82) is 0 Å². The molecule has 3 heteroatoms. The number of ketones is 1. The predicted octanol–water partition coefficient (Wildman–Crippen LogP) is 2.16. The molecule has 78 valence electrons. The van der Waals surface area contributed by atoms with Crippen molar-refractivity contribution < 1.29 is 9.59 Å². The molecule has 15 heavy (non-hydrogen) atoms. The van der Waals surface area contributed by atoms with Crippen LogP contribution in [-0.2, 0) is 11.2 Å². The van der Waals surface area contributed by atoms with Gasteiger partial charge in [0.1, 0.15) is 0 Å². The summed E-state index contributed by atoms with van der Waals surface area (Å²) in [5.41, 5.74) is 2.39. The van der Waals surface area contributed by atoms with Gasteiger partial charge in [0.05, 0.1) is 5.69 Å². The van der Waals surface area contributed by atoms with E-state index in [2.05, 4.69) is 5.32 Å². The number of aryl methyl sites for hydroxylation is 1. The van der Waals surface area contributed by atoms with Crippen molar-refractivity contribution in [3.05, 3.63) is 29.3 Å². The van der Waals surface area contributed by atoms with Crippen molar-refractivity contribution in [3.8, 4) is 0 Å². The molecule has 1 aromatic carbocycles. The van der Waals surface area contributed by atoms with Gasteiger partial charge in [0.2, 0.25) is 5.91 Å². The highest BCUT2D eigenvalue weighted by Gasteiger charge is 2.17. The molecule has 0 radical (unpaired) electrons. The molecular formula is C12H13NO2. The van der Waals surface area contributed by atoms with Crippen LogP contribution in [-0.4, -0.2) is 11.7 Å². The van der Waals surface area contributed by atoms with E-state index in [1.54, 1.807) is 6.07 Å². The second-order valence-electron chi connectivity index (χ2n) is 3.80. The number of benzene rings is 1. The van der Waals surface area contributed by atoms with Crippen molar-refractivity contribution in [1.82, 2.24) is 0 Å². The molecule has 0 atom stereocenters. The van der Waals surface area contributed by atoms with Crippen molar-refractivity contribution in [2.75, 3.05) is 5.32 Å². The highest BCUT2D eigenvalue weighted by molar-refractivity contribution is 6.04. The Morgan fingerprint density at radius 3 is 2.87 bits per heavy atom. The van der Waals surface area contributed by atoms with Gasteiger partial charge < -0.3 is 5.32 Å². The Bertz CT molecular complexity index is 424. The fraction of sp³-hybridized carbons (Fsp3) is 0.333. The van der Waals surface area contributed by atoms with Gasteiger partial charge in [-0.05, 0) is 31.4 Å². The van der Waals surface area contributed by atoms with E-state index in [4.69, 9.17) is 0 Å². The van der Waals surface area contributed by atoms with Gasteiger partial charge >= 0.3 is 0 Å². The van der Waals surface area contributed by atoms with Gasteiger partial charge in [-0.3, -0.25) is 9.59 Å². The molecule has 0 bridgehead atoms. The van der Waals surface area contributed by atoms with Gasteiger partial charge in [0, 0.05) is 12.0 Å². The van der Waals surface area contributed by atoms with Gasteiger partial charge in [-0.25, -0.2) is 0 Å². The van der Waals surface area contributed by atoms with E-state index in [-0.39, 0.29) is 11.7 Å². The first-order valence-corrected chi connectivity index (χ1v) is 5.11. The lowest BCUT2D eigenvalue weighted by Gasteiger charge is -2.10. The van der Waals surface area contributed by atoms with Crippen LogP contribution in [0.15, 0.2) is 18.2 Å². The number of hydrogen-bond acceptors (Lipinski definition) is 2. The summed E-state index contributed by atoms with van der Waals surface area (Å²) >= 11 is 0. The molecule has 1 amide bonds. The Kier molecular flexibility index (Phi) is 2.54. The van der Waals surface area contributed by atoms with E-state index in [1.807, 2.05) is 12.1 Å². The maximum atomic E-state index is 11.4. The zero-order valence-electron chi connectivity index (χ0n) is 8.67. The average molecular weight is 203 g/mol. The zero-order valence-corrected chi connectivity index (χ0v) is 8.67. The molecule has 1 aliphatic rings. The number of hydrogen-bond donors (Lipinski definition) is 1. The minimum atomic E-state index is -0.00551. The van der Waals surface area contributed by atoms with Gasteiger partial charge in [0.15, 0.2) is 5.78 Å². The maximum Gasteiger partial charge on any atom is 0.224 e. The molecule has 1 aromatic rings. The quantitative estimate of drug-likeness (QED) is 0.711. The molecule has 0 unspecified atom stereocenters. The Morgan fingerprint density at radius 2 is 2.13 bits per heavy atom. The second kappa shape index (κ2) is 3.85. The molecule has 0 spiro atoms. The minimum Gasteiger partial charge on any atom is -0.325 e. The minimum absolute atomic E-state index is 0.00227. The van der Waals surface area contributed by atoms with E-state index in [0.29, 0.717) is 17.7 Å². The topological polar surface area (TPSA) is 46.2 Å². The SMILES string of the molecule is CC(=O)c1cccc2c1NC(=O)CCC2. The summed E-state index contributed by atoms with van der Waals surface area (Å²) < 4.78 is 0. The van der Waals surface area contributed by atoms with Crippen LogP contribution in [0.3, 0.4) is 0 Å². The number of amides is 1. The first-order valence-electron chi connectivity index (χ1n) is 5.11. The lowest BCUT2D eigenvalue weighted by molar-refractivity contribution is -0.116. The third kappa shape index (κ3) is 1.91. The van der Waals surface area contributed by atoms with Crippen LogP contribution in [0.2, 0.25) is 0 Å². The van der Waals surface area contributed by atoms with Crippen molar-refractivity contribution >= 4 is 17.4 Å². The first kappa shape index (κ1) is 9.90. The van der Waals surface area contributed by atoms with E-state index < -0.39 is 0 Å². The molecule has 2 rings (SSSR count). The van der Waals surface area contributed by atoms with Crippen LogP contribution in [0.1, 0.15) is 35.7 Å². The van der Waals surface area contributed by atoms with E-state index in [0.717, 1.165) is 18.4 Å². The fourth-order valence-corrected chi connectivity index (χ4v) is 1.89. The molecule has 0 fully saturated rings. The van der Waals surface area contributed by atoms with E-state index in [1.165, 1.54) is 6.92 Å². The number of rotatable bonds is 1. The molecule has 0 aliphatic carbocycles. The normalized spacial score (nSPS) is 15.1. The molecule has 1 heterocycles. The highest BCUT2D eigenvalue weighted by atomic mass is 16.1. The van der Waals surface area contributed by atoms with Gasteiger partial charge in [-0.2, -0.15) is 0 Å². The standard InChI is InChI=1S/C12H13NO2/c1-8(14)10-6-2-4-9-5-3-7-11(15)13-12(9)10/h2,4,6H,3,5,7H2,1H3,(H,13,15). The second-order valence-corrected chi connectivity index (χ2v) is 3.80. The monoisotopic (exact) mass is 203 g/mol. The highest BCUT2D eigenvalue weighted by Crippen LogP contribution is 2.26. The van der Waals surface area contributed by atoms with E-state index >= 15 is 0 Å². The third-order valence-corrected chi connectivity index (χ3v) is 2.64. The van der Waals surface area contributed by atoms with Crippen LogP contribution >= 0.6 is 0 Å². The number of nitrogens with one attached hydrogen (secondary N) is 1. The summed E-state index contributed by atoms with van der Waals surface area (Å²) in [5.74, 6) is -0.00324. The molecule has 0 aromatic heterocycles. The predicted molar refractivity (Wildman–Crippen MR) is 58.0 cm³/mol. The maximum absolute atomic E-state index is 11.4. The summed E-state index contributed by atoms with van der Waals surface area (Å²) in [5, 5.41) is 2.81. The summed E-state index contributed by atoms with van der Waals surface area (Å²) in [6.45, 7) is 1.52. The van der Waals surface area contributed by atoms with Gasteiger partial charge in [-0.1, -0.05) is 12.1 Å². The Morgan fingerprint density at radius 1 is 1.33 bits per heavy atom. The molecule has 0 saturated heterocycles. The van der Waals surface area contributed by atoms with Gasteiger partial charge in [-0.15, -0.1) is 0 Å². The largest absolute Gasteiger partial charge is 0.325 e. The number of carbonyl (C=O) groups excluding carboxylic acids is 2. The Hall–Kier alpha value is -1.64. The molecule has 0 saturated carbocycles. The molecule has 1 aliphatic heterocycles. The summed E-state index contributed by atoms with van der Waals surface area (Å²) in [6, 6.07) is 5.59. The zero-order chi connectivity index (χ0) is 10.8. The first-order chi connectivity index (χ1) is 7.18. The number of Topliss-reactive ketones (excluding diaryl/α,β-unsaturated/α-hetero) is 1. The van der Waals surface area contributed by atoms with E-state index in [9.17, 15) is 9.59 Å². The third-order valence-electron chi connectivity index (χ3n) is 2.64. The number of fused-ring (bicyclic) bond motifs is 1. The lowest BCUT2D eigenvalue weighted by atomic mass is 10.0. The van der Waals surface area contributed by atoms with Crippen LogP contribution in [0.4, 0.5) is 5.69 Å². The summed E-state index contributed by atoms with van der Waals surface area (Å²) in [7, 11) is 0. The van der Waals surface area contributed by atoms with Crippen molar-refractivity contribution in [2.45, 2.75) is 26.2 Å². The number of para-hydroxylation sites is 1. The number of carbonyl (C=O) groups is 2. The van der Waals surface area contributed by atoms with Crippen molar-refractivity contribution in [2.24, 2.45) is 0 Å². The van der Waals surface area contributed by atoms with Crippen LogP contribution in [0.25, 0.3) is 0 Å². The summed E-state index contributed by atoms with van der Waals surface area (Å²) in [6.07, 6.45) is 2.24. The molecular weight excluding hydrogens is 190 g/mol. The van der Waals surface area contributed by atoms with Crippen molar-refractivity contribution in [3.63, 3.8) is 0 Å². The van der Waals surface area contributed by atoms with Crippen LogP contribution < -0.4 is 5.32 Å². The van der Waals surface area contributed by atoms with Crippen LogP contribution in [0, 0.1) is 0 Å². The van der Waals surface area contributed by atoms with Crippen LogP contribution in [0.5, 0.6) is 0 Å². The molecule has 1 N–H and O–H groups in total. The lowest BCUT2D eigenvalue weighted by Crippen LogP contribution is -2.12. The Balaban J connectivity index is 2.52. The Labute approximate surface area is 88.5 Å².